The third kappa shape index (κ3) is 5.68. The van der Waals surface area contributed by atoms with Crippen molar-refractivity contribution in [3.8, 4) is 11.4 Å². The summed E-state index contributed by atoms with van der Waals surface area (Å²) in [6.45, 7) is -0.212. The molecule has 0 saturated carbocycles. The molecule has 0 aliphatic rings. The van der Waals surface area contributed by atoms with E-state index in [0.717, 1.165) is 11.9 Å². The summed E-state index contributed by atoms with van der Waals surface area (Å²) >= 11 is 0. The second-order valence-corrected chi connectivity index (χ2v) is 6.58. The molecule has 2 heterocycles. The Bertz CT molecular complexity index is 1050. The molecule has 3 rings (SSSR count). The summed E-state index contributed by atoms with van der Waals surface area (Å²) in [5.74, 6) is -1.94. The minimum absolute atomic E-state index is 0.00301. The van der Waals surface area contributed by atoms with E-state index in [2.05, 4.69) is 25.0 Å². The molecule has 0 fully saturated rings. The van der Waals surface area contributed by atoms with Crippen LogP contribution in [0.5, 0.6) is 0 Å². The molecule has 31 heavy (non-hydrogen) atoms. The molecule has 0 aliphatic heterocycles. The van der Waals surface area contributed by atoms with Gasteiger partial charge in [-0.25, -0.2) is 14.2 Å². The summed E-state index contributed by atoms with van der Waals surface area (Å²) in [5, 5.41) is 5.59. The lowest BCUT2D eigenvalue weighted by atomic mass is 10.1. The molecule has 0 saturated heterocycles. The van der Waals surface area contributed by atoms with Crippen molar-refractivity contribution in [2.24, 2.45) is 0 Å². The standard InChI is InChI=1S/C19H17F4N5O3/c1-28(2)15-6-3-11(8-24-15)10-30-18(29)25-9-13-5-4-12(7-14(13)20)16-26-17(31-27-16)19(21,22)23/h3-8H,9-10H2,1-2H3,(H,25,29). The fraction of sp³-hybridized carbons (Fsp3) is 0.263. The van der Waals surface area contributed by atoms with E-state index in [0.29, 0.717) is 5.56 Å². The number of anilines is 1. The summed E-state index contributed by atoms with van der Waals surface area (Å²) in [6.07, 6.45) is -3.99. The van der Waals surface area contributed by atoms with Crippen molar-refractivity contribution in [1.82, 2.24) is 20.4 Å². The predicted octanol–water partition coefficient (Wildman–Crippen LogP) is 3.78. The fourth-order valence-electron chi connectivity index (χ4n) is 2.42. The molecule has 1 amide bonds. The van der Waals surface area contributed by atoms with Gasteiger partial charge in [-0.05, 0) is 12.1 Å². The minimum Gasteiger partial charge on any atom is -0.445 e. The van der Waals surface area contributed by atoms with Crippen molar-refractivity contribution in [1.29, 1.82) is 0 Å². The zero-order valence-corrected chi connectivity index (χ0v) is 16.4. The number of nitrogens with zero attached hydrogens (tertiary/aromatic N) is 4. The number of aromatic nitrogens is 3. The lowest BCUT2D eigenvalue weighted by Gasteiger charge is -2.11. The molecule has 0 spiro atoms. The normalized spacial score (nSPS) is 11.3. The van der Waals surface area contributed by atoms with Gasteiger partial charge in [-0.1, -0.05) is 23.4 Å². The fourth-order valence-corrected chi connectivity index (χ4v) is 2.42. The lowest BCUT2D eigenvalue weighted by Crippen LogP contribution is -2.24. The molecule has 0 aliphatic carbocycles. The maximum absolute atomic E-state index is 14.3. The molecule has 3 aromatic rings. The highest BCUT2D eigenvalue weighted by atomic mass is 19.4. The Hall–Kier alpha value is -3.70. The summed E-state index contributed by atoms with van der Waals surface area (Å²) in [6, 6.07) is 7.09. The van der Waals surface area contributed by atoms with Crippen LogP contribution >= 0.6 is 0 Å². The Kier molecular flexibility index (Phi) is 6.37. The van der Waals surface area contributed by atoms with Gasteiger partial charge in [0.25, 0.3) is 0 Å². The number of benzene rings is 1. The molecule has 0 unspecified atom stereocenters. The number of alkyl halides is 3. The number of hydrogen-bond donors (Lipinski definition) is 1. The summed E-state index contributed by atoms with van der Waals surface area (Å²) < 4.78 is 61.0. The first-order chi connectivity index (χ1) is 14.6. The van der Waals surface area contributed by atoms with E-state index in [-0.39, 0.29) is 24.3 Å². The van der Waals surface area contributed by atoms with E-state index < -0.39 is 29.8 Å². The van der Waals surface area contributed by atoms with E-state index in [1.165, 1.54) is 12.1 Å². The van der Waals surface area contributed by atoms with Crippen LogP contribution < -0.4 is 10.2 Å². The Balaban J connectivity index is 1.54. The molecule has 164 valence electrons. The van der Waals surface area contributed by atoms with Crippen molar-refractivity contribution in [3.63, 3.8) is 0 Å². The highest BCUT2D eigenvalue weighted by Gasteiger charge is 2.38. The van der Waals surface area contributed by atoms with Crippen LogP contribution in [0.4, 0.5) is 28.2 Å². The first-order valence-corrected chi connectivity index (χ1v) is 8.86. The molecular formula is C19H17F4N5O3. The predicted molar refractivity (Wildman–Crippen MR) is 100 cm³/mol. The van der Waals surface area contributed by atoms with Crippen molar-refractivity contribution in [3.05, 3.63) is 59.4 Å². The topological polar surface area (TPSA) is 93.4 Å². The van der Waals surface area contributed by atoms with E-state index in [4.69, 9.17) is 4.74 Å². The van der Waals surface area contributed by atoms with E-state index in [1.54, 1.807) is 18.3 Å². The summed E-state index contributed by atoms with van der Waals surface area (Å²) in [5.41, 5.74) is 0.767. The monoisotopic (exact) mass is 439 g/mol. The highest BCUT2D eigenvalue weighted by molar-refractivity contribution is 5.67. The van der Waals surface area contributed by atoms with Crippen molar-refractivity contribution < 1.29 is 31.6 Å². The molecule has 0 bridgehead atoms. The van der Waals surface area contributed by atoms with E-state index in [9.17, 15) is 22.4 Å². The molecule has 0 atom stereocenters. The number of ether oxygens (including phenoxy) is 1. The van der Waals surface area contributed by atoms with Crippen LogP contribution in [0.3, 0.4) is 0 Å². The highest BCUT2D eigenvalue weighted by Crippen LogP contribution is 2.29. The Morgan fingerprint density at radius 3 is 2.58 bits per heavy atom. The number of pyridine rings is 1. The van der Waals surface area contributed by atoms with Gasteiger partial charge in [0.15, 0.2) is 0 Å². The molecule has 12 heteroatoms. The molecule has 1 aromatic carbocycles. The Morgan fingerprint density at radius 1 is 1.23 bits per heavy atom. The van der Waals surface area contributed by atoms with Crippen molar-refractivity contribution in [2.45, 2.75) is 19.3 Å². The average molecular weight is 439 g/mol. The van der Waals surface area contributed by atoms with Gasteiger partial charge in [0.05, 0.1) is 0 Å². The minimum atomic E-state index is -4.79. The van der Waals surface area contributed by atoms with Gasteiger partial charge in [-0.3, -0.25) is 0 Å². The zero-order valence-electron chi connectivity index (χ0n) is 16.4. The summed E-state index contributed by atoms with van der Waals surface area (Å²) in [7, 11) is 3.69. The van der Waals surface area contributed by atoms with Crippen LogP contribution in [0.15, 0.2) is 41.1 Å². The number of hydrogen-bond acceptors (Lipinski definition) is 7. The average Bonchev–Trinajstić information content (AvgIpc) is 3.22. The summed E-state index contributed by atoms with van der Waals surface area (Å²) in [4.78, 5) is 21.1. The van der Waals surface area contributed by atoms with Crippen molar-refractivity contribution in [2.75, 3.05) is 19.0 Å². The number of amides is 1. The molecule has 2 aromatic heterocycles. The number of halogens is 4. The van der Waals surface area contributed by atoms with Crippen LogP contribution in [0, 0.1) is 5.82 Å². The van der Waals surface area contributed by atoms with E-state index >= 15 is 0 Å². The van der Waals surface area contributed by atoms with Gasteiger partial charge in [0.1, 0.15) is 18.2 Å². The molecule has 0 radical (unpaired) electrons. The second-order valence-electron chi connectivity index (χ2n) is 6.58. The second kappa shape index (κ2) is 8.98. The van der Waals surface area contributed by atoms with Crippen LogP contribution in [-0.4, -0.2) is 35.3 Å². The SMILES string of the molecule is CN(C)c1ccc(COC(=O)NCc2ccc(-c3noc(C(F)(F)F)n3)cc2F)cn1. The zero-order chi connectivity index (χ0) is 22.6. The smallest absolute Gasteiger partial charge is 0.445 e. The van der Waals surface area contributed by atoms with Gasteiger partial charge in [-0.2, -0.15) is 18.2 Å². The largest absolute Gasteiger partial charge is 0.471 e. The number of carbonyl (C=O) groups is 1. The van der Waals surface area contributed by atoms with Crippen LogP contribution in [0.2, 0.25) is 0 Å². The number of nitrogens with one attached hydrogen (secondary N) is 1. The quantitative estimate of drug-likeness (QED) is 0.584. The first-order valence-electron chi connectivity index (χ1n) is 8.86. The number of alkyl carbamates (subject to hydrolysis) is 1. The Labute approximate surface area is 173 Å². The van der Waals surface area contributed by atoms with Gasteiger partial charge in [0, 0.05) is 43.5 Å². The molecule has 1 N–H and O–H groups in total. The van der Waals surface area contributed by atoms with Crippen LogP contribution in [-0.2, 0) is 24.1 Å². The third-order valence-electron chi connectivity index (χ3n) is 4.04. The van der Waals surface area contributed by atoms with Gasteiger partial charge in [0.2, 0.25) is 5.82 Å². The van der Waals surface area contributed by atoms with Crippen LogP contribution in [0.1, 0.15) is 17.0 Å². The van der Waals surface area contributed by atoms with Gasteiger partial charge >= 0.3 is 18.2 Å². The lowest BCUT2D eigenvalue weighted by molar-refractivity contribution is -0.159. The Morgan fingerprint density at radius 2 is 2.00 bits per heavy atom. The number of rotatable bonds is 6. The third-order valence-corrected chi connectivity index (χ3v) is 4.04. The first kappa shape index (κ1) is 22.0. The van der Waals surface area contributed by atoms with Crippen molar-refractivity contribution >= 4 is 11.9 Å². The maximum Gasteiger partial charge on any atom is 0.471 e. The molecule has 8 nitrogen and oxygen atoms in total. The molecular weight excluding hydrogens is 422 g/mol. The van der Waals surface area contributed by atoms with Gasteiger partial charge in [-0.15, -0.1) is 0 Å². The van der Waals surface area contributed by atoms with Crippen LogP contribution in [0.25, 0.3) is 11.4 Å². The van der Waals surface area contributed by atoms with E-state index in [1.807, 2.05) is 19.0 Å². The number of carbonyl (C=O) groups excluding carboxylic acids is 1. The maximum atomic E-state index is 14.3. The van der Waals surface area contributed by atoms with Gasteiger partial charge < -0.3 is 19.5 Å².